The van der Waals surface area contributed by atoms with Gasteiger partial charge in [-0.2, -0.15) is 5.10 Å². The van der Waals surface area contributed by atoms with Crippen LogP contribution in [0.4, 0.5) is 0 Å². The number of carbonyl (C=O) groups is 2. The SMILES string of the molecule is CCOc1ccc(/C=N\NC(=O)C(=O)NC[C@H]2CCCO2)cc1OCC. The Bertz CT molecular complexity index is 642. The van der Waals surface area contributed by atoms with E-state index in [-0.39, 0.29) is 6.10 Å². The fourth-order valence-corrected chi connectivity index (χ4v) is 2.46. The first-order chi connectivity index (χ1) is 12.6. The second kappa shape index (κ2) is 10.4. The highest BCUT2D eigenvalue weighted by Crippen LogP contribution is 2.27. The maximum absolute atomic E-state index is 11.7. The van der Waals surface area contributed by atoms with Gasteiger partial charge < -0.3 is 19.5 Å². The van der Waals surface area contributed by atoms with Crippen LogP contribution >= 0.6 is 0 Å². The molecule has 0 unspecified atom stereocenters. The first kappa shape index (κ1) is 19.7. The van der Waals surface area contributed by atoms with Crippen molar-refractivity contribution >= 4 is 18.0 Å². The molecule has 1 aliphatic heterocycles. The highest BCUT2D eigenvalue weighted by molar-refractivity contribution is 6.35. The lowest BCUT2D eigenvalue weighted by Crippen LogP contribution is -2.41. The summed E-state index contributed by atoms with van der Waals surface area (Å²) in [5.41, 5.74) is 2.91. The van der Waals surface area contributed by atoms with Gasteiger partial charge in [-0.25, -0.2) is 5.43 Å². The number of carbonyl (C=O) groups excluding carboxylic acids is 2. The minimum atomic E-state index is -0.824. The number of hydrogen-bond donors (Lipinski definition) is 2. The van der Waals surface area contributed by atoms with E-state index in [1.54, 1.807) is 18.2 Å². The molecule has 0 bridgehead atoms. The Balaban J connectivity index is 1.85. The number of nitrogens with one attached hydrogen (secondary N) is 2. The van der Waals surface area contributed by atoms with Gasteiger partial charge in [-0.05, 0) is 50.5 Å². The molecular formula is C18H25N3O5. The summed E-state index contributed by atoms with van der Waals surface area (Å²) in [7, 11) is 0. The molecule has 1 saturated heterocycles. The van der Waals surface area contributed by atoms with Gasteiger partial charge in [0.15, 0.2) is 11.5 Å². The largest absolute Gasteiger partial charge is 0.490 e. The lowest BCUT2D eigenvalue weighted by Gasteiger charge is -2.11. The Labute approximate surface area is 152 Å². The van der Waals surface area contributed by atoms with E-state index in [1.165, 1.54) is 6.21 Å². The maximum Gasteiger partial charge on any atom is 0.329 e. The molecule has 1 aliphatic rings. The molecule has 26 heavy (non-hydrogen) atoms. The molecule has 0 aromatic heterocycles. The quantitative estimate of drug-likeness (QED) is 0.411. The molecule has 8 heteroatoms. The Hall–Kier alpha value is -2.61. The van der Waals surface area contributed by atoms with Crippen LogP contribution in [0.5, 0.6) is 11.5 Å². The van der Waals surface area contributed by atoms with Gasteiger partial charge in [0.1, 0.15) is 0 Å². The minimum Gasteiger partial charge on any atom is -0.490 e. The minimum absolute atomic E-state index is 0.0175. The van der Waals surface area contributed by atoms with Gasteiger partial charge in [-0.15, -0.1) is 0 Å². The van der Waals surface area contributed by atoms with Gasteiger partial charge in [0, 0.05) is 13.2 Å². The first-order valence-electron chi connectivity index (χ1n) is 8.76. The average Bonchev–Trinajstić information content (AvgIpc) is 3.15. The van der Waals surface area contributed by atoms with E-state index in [2.05, 4.69) is 15.8 Å². The summed E-state index contributed by atoms with van der Waals surface area (Å²) in [4.78, 5) is 23.4. The van der Waals surface area contributed by atoms with Gasteiger partial charge >= 0.3 is 11.8 Å². The molecule has 0 aliphatic carbocycles. The van der Waals surface area contributed by atoms with Crippen molar-refractivity contribution in [1.29, 1.82) is 0 Å². The summed E-state index contributed by atoms with van der Waals surface area (Å²) in [5, 5.41) is 6.34. The summed E-state index contributed by atoms with van der Waals surface area (Å²) in [6.45, 7) is 5.83. The zero-order chi connectivity index (χ0) is 18.8. The van der Waals surface area contributed by atoms with Crippen LogP contribution < -0.4 is 20.2 Å². The van der Waals surface area contributed by atoms with Crippen molar-refractivity contribution in [3.05, 3.63) is 23.8 Å². The monoisotopic (exact) mass is 363 g/mol. The third-order valence-corrected chi connectivity index (χ3v) is 3.67. The third-order valence-electron chi connectivity index (χ3n) is 3.67. The molecule has 1 atom stereocenters. The molecule has 8 nitrogen and oxygen atoms in total. The van der Waals surface area contributed by atoms with Gasteiger partial charge in [-0.1, -0.05) is 0 Å². The summed E-state index contributed by atoms with van der Waals surface area (Å²) in [5.74, 6) is -0.322. The lowest BCUT2D eigenvalue weighted by molar-refractivity contribution is -0.139. The number of ether oxygens (including phenoxy) is 3. The fraction of sp³-hybridized carbons (Fsp3) is 0.500. The van der Waals surface area contributed by atoms with E-state index in [0.717, 1.165) is 12.8 Å². The van der Waals surface area contributed by atoms with E-state index >= 15 is 0 Å². The average molecular weight is 363 g/mol. The van der Waals surface area contributed by atoms with Crippen molar-refractivity contribution in [2.24, 2.45) is 5.10 Å². The van der Waals surface area contributed by atoms with Crippen LogP contribution in [-0.2, 0) is 14.3 Å². The Morgan fingerprint density at radius 1 is 1.23 bits per heavy atom. The molecule has 1 aromatic carbocycles. The second-order valence-electron chi connectivity index (χ2n) is 5.62. The Morgan fingerprint density at radius 3 is 2.69 bits per heavy atom. The summed E-state index contributed by atoms with van der Waals surface area (Å²) < 4.78 is 16.4. The van der Waals surface area contributed by atoms with E-state index in [0.29, 0.717) is 43.4 Å². The number of benzene rings is 1. The van der Waals surface area contributed by atoms with Crippen LogP contribution in [0.25, 0.3) is 0 Å². The van der Waals surface area contributed by atoms with Crippen LogP contribution in [0.2, 0.25) is 0 Å². The second-order valence-corrected chi connectivity index (χ2v) is 5.62. The predicted molar refractivity (Wildman–Crippen MR) is 96.5 cm³/mol. The van der Waals surface area contributed by atoms with Crippen molar-refractivity contribution in [3.8, 4) is 11.5 Å². The van der Waals surface area contributed by atoms with Crippen LogP contribution in [0.15, 0.2) is 23.3 Å². The molecule has 142 valence electrons. The zero-order valence-electron chi connectivity index (χ0n) is 15.1. The zero-order valence-corrected chi connectivity index (χ0v) is 15.1. The van der Waals surface area contributed by atoms with Gasteiger partial charge in [0.05, 0.1) is 25.5 Å². The standard InChI is InChI=1S/C18H25N3O5/c1-3-24-15-8-7-13(10-16(15)25-4-2)11-20-21-18(23)17(22)19-12-14-6-5-9-26-14/h7-8,10-11,14H,3-6,9,12H2,1-2H3,(H,19,22)(H,21,23)/b20-11-/t14-/m1/s1. The molecule has 1 heterocycles. The molecule has 0 saturated carbocycles. The number of nitrogens with zero attached hydrogens (tertiary/aromatic N) is 1. The van der Waals surface area contributed by atoms with E-state index in [1.807, 2.05) is 13.8 Å². The van der Waals surface area contributed by atoms with Crippen molar-refractivity contribution in [3.63, 3.8) is 0 Å². The number of rotatable bonds is 8. The molecule has 1 aromatic rings. The predicted octanol–water partition coefficient (Wildman–Crippen LogP) is 1.23. The van der Waals surface area contributed by atoms with Gasteiger partial charge in [0.25, 0.3) is 0 Å². The summed E-state index contributed by atoms with van der Waals surface area (Å²) in [6.07, 6.45) is 3.28. The van der Waals surface area contributed by atoms with E-state index in [9.17, 15) is 9.59 Å². The number of hydrazone groups is 1. The maximum atomic E-state index is 11.7. The van der Waals surface area contributed by atoms with Crippen LogP contribution in [-0.4, -0.2) is 50.5 Å². The topological polar surface area (TPSA) is 98.2 Å². The number of hydrogen-bond acceptors (Lipinski definition) is 6. The fourth-order valence-electron chi connectivity index (χ4n) is 2.46. The lowest BCUT2D eigenvalue weighted by atomic mass is 10.2. The van der Waals surface area contributed by atoms with Crippen molar-refractivity contribution < 1.29 is 23.8 Å². The summed E-state index contributed by atoms with van der Waals surface area (Å²) in [6, 6.07) is 5.30. The molecule has 1 fully saturated rings. The molecule has 0 radical (unpaired) electrons. The Kier molecular flexibility index (Phi) is 7.88. The molecular weight excluding hydrogens is 338 g/mol. The molecule has 2 N–H and O–H groups in total. The van der Waals surface area contributed by atoms with Crippen molar-refractivity contribution in [2.75, 3.05) is 26.4 Å². The number of amides is 2. The van der Waals surface area contributed by atoms with Gasteiger partial charge in [0.2, 0.25) is 0 Å². The van der Waals surface area contributed by atoms with E-state index in [4.69, 9.17) is 14.2 Å². The molecule has 0 spiro atoms. The highest BCUT2D eigenvalue weighted by Gasteiger charge is 2.18. The van der Waals surface area contributed by atoms with Crippen molar-refractivity contribution in [2.45, 2.75) is 32.8 Å². The Morgan fingerprint density at radius 2 is 2.00 bits per heavy atom. The third kappa shape index (κ3) is 6.03. The van der Waals surface area contributed by atoms with Crippen LogP contribution in [0.3, 0.4) is 0 Å². The van der Waals surface area contributed by atoms with Gasteiger partial charge in [-0.3, -0.25) is 9.59 Å². The molecule has 2 rings (SSSR count). The summed E-state index contributed by atoms with van der Waals surface area (Å²) >= 11 is 0. The molecule has 2 amide bonds. The smallest absolute Gasteiger partial charge is 0.329 e. The van der Waals surface area contributed by atoms with E-state index < -0.39 is 11.8 Å². The van der Waals surface area contributed by atoms with Crippen LogP contribution in [0, 0.1) is 0 Å². The highest BCUT2D eigenvalue weighted by atomic mass is 16.5. The first-order valence-corrected chi connectivity index (χ1v) is 8.76. The van der Waals surface area contributed by atoms with Crippen LogP contribution in [0.1, 0.15) is 32.3 Å². The van der Waals surface area contributed by atoms with Crippen molar-refractivity contribution in [1.82, 2.24) is 10.7 Å². The normalized spacial score (nSPS) is 16.5.